The summed E-state index contributed by atoms with van der Waals surface area (Å²) in [5.74, 6) is 0.535. The molecule has 1 saturated heterocycles. The van der Waals surface area contributed by atoms with Crippen LogP contribution in [-0.4, -0.2) is 6.61 Å². The summed E-state index contributed by atoms with van der Waals surface area (Å²) in [6, 6.07) is 17.8. The first kappa shape index (κ1) is 12.0. The predicted molar refractivity (Wildman–Crippen MR) is 80.8 cm³/mol. The van der Waals surface area contributed by atoms with Gasteiger partial charge in [-0.25, -0.2) is 0 Å². The molecule has 1 N–H and O–H groups in total. The minimum atomic E-state index is 0.249. The molecule has 4 rings (SSSR count). The van der Waals surface area contributed by atoms with Crippen LogP contribution in [0.5, 0.6) is 0 Å². The average molecular weight is 265 g/mol. The Labute approximate surface area is 119 Å². The molecule has 1 fully saturated rings. The number of anilines is 1. The van der Waals surface area contributed by atoms with Gasteiger partial charge in [-0.15, -0.1) is 0 Å². The number of ether oxygens (including phenoxy) is 1. The minimum absolute atomic E-state index is 0.249. The normalized spacial score (nSPS) is 27.6. The number of nitrogens with one attached hydrogen (secondary N) is 1. The maximum Gasteiger partial charge on any atom is 0.0896 e. The van der Waals surface area contributed by atoms with E-state index in [0.717, 1.165) is 13.0 Å². The third-order valence-corrected chi connectivity index (χ3v) is 4.58. The predicted octanol–water partition coefficient (Wildman–Crippen LogP) is 4.24. The highest BCUT2D eigenvalue weighted by Gasteiger charge is 2.41. The molecule has 2 unspecified atom stereocenters. The van der Waals surface area contributed by atoms with E-state index in [1.165, 1.54) is 22.4 Å². The standard InChI is InChI=1S/C18H19NO/c1-12-6-8-13(9-7-12)17-15-10-11-20-18(15)14-4-2-3-5-16(14)19-17/h2-9,15,17-19H,10-11H2,1H3/t15?,17-,18?/m1/s1. The van der Waals surface area contributed by atoms with Gasteiger partial charge < -0.3 is 10.1 Å². The van der Waals surface area contributed by atoms with Crippen molar-refractivity contribution in [2.75, 3.05) is 11.9 Å². The van der Waals surface area contributed by atoms with E-state index < -0.39 is 0 Å². The SMILES string of the molecule is Cc1ccc([C@H]2Nc3ccccc3C3OCCC32)cc1. The molecule has 20 heavy (non-hydrogen) atoms. The summed E-state index contributed by atoms with van der Waals surface area (Å²) in [5.41, 5.74) is 5.22. The Hall–Kier alpha value is -1.80. The molecule has 2 aromatic rings. The lowest BCUT2D eigenvalue weighted by molar-refractivity contribution is 0.0829. The van der Waals surface area contributed by atoms with Crippen molar-refractivity contribution in [3.05, 3.63) is 65.2 Å². The van der Waals surface area contributed by atoms with E-state index >= 15 is 0 Å². The second-order valence-corrected chi connectivity index (χ2v) is 5.86. The zero-order chi connectivity index (χ0) is 13.5. The monoisotopic (exact) mass is 265 g/mol. The fourth-order valence-electron chi connectivity index (χ4n) is 3.52. The van der Waals surface area contributed by atoms with Crippen LogP contribution in [-0.2, 0) is 4.74 Å². The molecule has 2 heteroatoms. The molecule has 0 aliphatic carbocycles. The van der Waals surface area contributed by atoms with Crippen LogP contribution in [0.3, 0.4) is 0 Å². The number of hydrogen-bond acceptors (Lipinski definition) is 2. The van der Waals surface area contributed by atoms with Crippen molar-refractivity contribution in [3.63, 3.8) is 0 Å². The number of hydrogen-bond donors (Lipinski definition) is 1. The van der Waals surface area contributed by atoms with Gasteiger partial charge in [0.05, 0.1) is 12.1 Å². The average Bonchev–Trinajstić information content (AvgIpc) is 2.97. The van der Waals surface area contributed by atoms with Crippen molar-refractivity contribution in [2.24, 2.45) is 5.92 Å². The van der Waals surface area contributed by atoms with Crippen LogP contribution in [0.25, 0.3) is 0 Å². The van der Waals surface area contributed by atoms with Gasteiger partial charge in [0.15, 0.2) is 0 Å². The van der Waals surface area contributed by atoms with Crippen LogP contribution >= 0.6 is 0 Å². The molecule has 0 saturated carbocycles. The fraction of sp³-hybridized carbons (Fsp3) is 0.333. The summed E-state index contributed by atoms with van der Waals surface area (Å²) in [6.45, 7) is 3.00. The first-order valence-corrected chi connectivity index (χ1v) is 7.36. The summed E-state index contributed by atoms with van der Waals surface area (Å²) in [6.07, 6.45) is 1.38. The Balaban J connectivity index is 1.76. The molecule has 2 aliphatic rings. The van der Waals surface area contributed by atoms with E-state index in [2.05, 4.69) is 60.8 Å². The molecule has 2 aromatic carbocycles. The van der Waals surface area contributed by atoms with Crippen LogP contribution in [0.2, 0.25) is 0 Å². The van der Waals surface area contributed by atoms with Gasteiger partial charge in [0, 0.05) is 23.8 Å². The van der Waals surface area contributed by atoms with E-state index in [0.29, 0.717) is 12.0 Å². The van der Waals surface area contributed by atoms with Crippen LogP contribution in [0.4, 0.5) is 5.69 Å². The lowest BCUT2D eigenvalue weighted by atomic mass is 9.81. The van der Waals surface area contributed by atoms with E-state index in [1.807, 2.05) is 0 Å². The first-order valence-electron chi connectivity index (χ1n) is 7.36. The van der Waals surface area contributed by atoms with Gasteiger partial charge in [0.1, 0.15) is 0 Å². The molecule has 3 atom stereocenters. The highest BCUT2D eigenvalue weighted by atomic mass is 16.5. The first-order chi connectivity index (χ1) is 9.83. The van der Waals surface area contributed by atoms with Crippen molar-refractivity contribution < 1.29 is 4.74 Å². The molecule has 0 spiro atoms. The van der Waals surface area contributed by atoms with Gasteiger partial charge in [0.25, 0.3) is 0 Å². The van der Waals surface area contributed by atoms with Crippen molar-refractivity contribution in [1.82, 2.24) is 0 Å². The number of fused-ring (bicyclic) bond motifs is 3. The lowest BCUT2D eigenvalue weighted by Gasteiger charge is -2.36. The van der Waals surface area contributed by atoms with Crippen molar-refractivity contribution >= 4 is 5.69 Å². The molecule has 2 aliphatic heterocycles. The molecular formula is C18H19NO. The summed E-state index contributed by atoms with van der Waals surface area (Å²) >= 11 is 0. The van der Waals surface area contributed by atoms with Crippen molar-refractivity contribution in [1.29, 1.82) is 0 Å². The van der Waals surface area contributed by atoms with Crippen LogP contribution in [0.1, 0.15) is 35.3 Å². The number of rotatable bonds is 1. The summed E-state index contributed by atoms with van der Waals surface area (Å²) in [4.78, 5) is 0. The Morgan fingerprint density at radius 1 is 1.05 bits per heavy atom. The van der Waals surface area contributed by atoms with Gasteiger partial charge in [-0.3, -0.25) is 0 Å². The molecular weight excluding hydrogens is 246 g/mol. The van der Waals surface area contributed by atoms with Crippen LogP contribution in [0.15, 0.2) is 48.5 Å². The van der Waals surface area contributed by atoms with E-state index in [1.54, 1.807) is 0 Å². The van der Waals surface area contributed by atoms with E-state index in [9.17, 15) is 0 Å². The van der Waals surface area contributed by atoms with Gasteiger partial charge in [-0.1, -0.05) is 48.0 Å². The molecule has 102 valence electrons. The zero-order valence-corrected chi connectivity index (χ0v) is 11.7. The molecule has 2 nitrogen and oxygen atoms in total. The minimum Gasteiger partial charge on any atom is -0.378 e. The largest absolute Gasteiger partial charge is 0.378 e. The van der Waals surface area contributed by atoms with Gasteiger partial charge in [0.2, 0.25) is 0 Å². The molecule has 0 radical (unpaired) electrons. The maximum atomic E-state index is 6.02. The van der Waals surface area contributed by atoms with Gasteiger partial charge in [-0.05, 0) is 25.0 Å². The van der Waals surface area contributed by atoms with Gasteiger partial charge in [-0.2, -0.15) is 0 Å². The third kappa shape index (κ3) is 1.83. The van der Waals surface area contributed by atoms with Crippen LogP contribution in [0, 0.1) is 12.8 Å². The van der Waals surface area contributed by atoms with Gasteiger partial charge >= 0.3 is 0 Å². The molecule has 0 amide bonds. The highest BCUT2D eigenvalue weighted by Crippen LogP contribution is 2.49. The third-order valence-electron chi connectivity index (χ3n) is 4.58. The maximum absolute atomic E-state index is 6.02. The smallest absolute Gasteiger partial charge is 0.0896 e. The topological polar surface area (TPSA) is 21.3 Å². The number of benzene rings is 2. The molecule has 0 aromatic heterocycles. The Bertz CT molecular complexity index is 620. The second-order valence-electron chi connectivity index (χ2n) is 5.86. The Kier molecular flexibility index (Phi) is 2.78. The number of aryl methyl sites for hydroxylation is 1. The Morgan fingerprint density at radius 3 is 2.70 bits per heavy atom. The fourth-order valence-corrected chi connectivity index (χ4v) is 3.52. The van der Waals surface area contributed by atoms with E-state index in [-0.39, 0.29) is 6.10 Å². The Morgan fingerprint density at radius 2 is 1.85 bits per heavy atom. The second kappa shape index (κ2) is 4.64. The number of para-hydroxylation sites is 1. The van der Waals surface area contributed by atoms with E-state index in [4.69, 9.17) is 4.74 Å². The highest BCUT2D eigenvalue weighted by molar-refractivity contribution is 5.57. The quantitative estimate of drug-likeness (QED) is 0.832. The molecule has 0 bridgehead atoms. The lowest BCUT2D eigenvalue weighted by Crippen LogP contribution is -2.29. The van der Waals surface area contributed by atoms with Crippen LogP contribution < -0.4 is 5.32 Å². The van der Waals surface area contributed by atoms with Crippen molar-refractivity contribution in [2.45, 2.75) is 25.5 Å². The molecule has 2 heterocycles. The summed E-state index contributed by atoms with van der Waals surface area (Å²) in [5, 5.41) is 3.72. The summed E-state index contributed by atoms with van der Waals surface area (Å²) < 4.78 is 6.02. The van der Waals surface area contributed by atoms with Crippen molar-refractivity contribution in [3.8, 4) is 0 Å². The summed E-state index contributed by atoms with van der Waals surface area (Å²) in [7, 11) is 0. The zero-order valence-electron chi connectivity index (χ0n) is 11.7.